The predicted octanol–water partition coefficient (Wildman–Crippen LogP) is 2.36. The normalized spacial score (nSPS) is 10.9. The van der Waals surface area contributed by atoms with E-state index in [4.69, 9.17) is 0 Å². The highest BCUT2D eigenvalue weighted by atomic mass is 16.1. The zero-order valence-corrected chi connectivity index (χ0v) is 10.4. The molecule has 0 radical (unpaired) electrons. The van der Waals surface area contributed by atoms with E-state index >= 15 is 0 Å². The molecule has 0 saturated carbocycles. The number of ketones is 1. The Morgan fingerprint density at radius 2 is 2.12 bits per heavy atom. The van der Waals surface area contributed by atoms with Crippen molar-refractivity contribution in [2.24, 2.45) is 7.05 Å². The molecule has 0 aliphatic carbocycles. The van der Waals surface area contributed by atoms with Crippen LogP contribution in [0.4, 0.5) is 0 Å². The van der Waals surface area contributed by atoms with Gasteiger partial charge in [-0.05, 0) is 26.1 Å². The quantitative estimate of drug-likeness (QED) is 0.632. The zero-order valence-electron chi connectivity index (χ0n) is 10.4. The predicted molar refractivity (Wildman–Crippen MR) is 70.4 cm³/mol. The fourth-order valence-electron chi connectivity index (χ4n) is 2.12. The van der Waals surface area contributed by atoms with Crippen LogP contribution in [0.5, 0.6) is 0 Å². The second-order valence-corrected chi connectivity index (χ2v) is 4.30. The van der Waals surface area contributed by atoms with Gasteiger partial charge in [0.25, 0.3) is 0 Å². The summed E-state index contributed by atoms with van der Waals surface area (Å²) in [6.07, 6.45) is 3.43. The molecule has 2 rings (SSSR count). The number of carbonyl (C=O) groups excluding carboxylic acids is 1. The number of rotatable bonds is 5. The number of aromatic nitrogens is 1. The molecule has 90 valence electrons. The van der Waals surface area contributed by atoms with E-state index < -0.39 is 0 Å². The lowest BCUT2D eigenvalue weighted by Gasteiger charge is -1.99. The third-order valence-electron chi connectivity index (χ3n) is 3.03. The Hall–Kier alpha value is -1.61. The number of para-hydroxylation sites is 1. The molecule has 17 heavy (non-hydrogen) atoms. The Morgan fingerprint density at radius 1 is 1.35 bits per heavy atom. The topological polar surface area (TPSA) is 34.0 Å². The van der Waals surface area contributed by atoms with Gasteiger partial charge in [-0.3, -0.25) is 4.79 Å². The highest BCUT2D eigenvalue weighted by molar-refractivity contribution is 6.08. The Balaban J connectivity index is 2.26. The van der Waals surface area contributed by atoms with Crippen molar-refractivity contribution in [2.45, 2.75) is 12.8 Å². The van der Waals surface area contributed by atoms with Crippen LogP contribution in [0.3, 0.4) is 0 Å². The van der Waals surface area contributed by atoms with Gasteiger partial charge in [0.05, 0.1) is 0 Å². The molecule has 0 aliphatic rings. The minimum absolute atomic E-state index is 0.233. The minimum Gasteiger partial charge on any atom is -0.350 e. The SMILES string of the molecule is CNCCCC(=O)c1cn(C)c2ccccc12. The van der Waals surface area contributed by atoms with Gasteiger partial charge in [-0.25, -0.2) is 0 Å². The summed E-state index contributed by atoms with van der Waals surface area (Å²) in [7, 11) is 3.88. The number of hydrogen-bond donors (Lipinski definition) is 1. The number of fused-ring (bicyclic) bond motifs is 1. The van der Waals surface area contributed by atoms with Crippen molar-refractivity contribution in [3.8, 4) is 0 Å². The highest BCUT2D eigenvalue weighted by Crippen LogP contribution is 2.21. The summed E-state index contributed by atoms with van der Waals surface area (Å²) < 4.78 is 2.01. The molecule has 0 amide bonds. The molecular weight excluding hydrogens is 212 g/mol. The van der Waals surface area contributed by atoms with E-state index in [1.54, 1.807) is 0 Å². The van der Waals surface area contributed by atoms with Crippen molar-refractivity contribution < 1.29 is 4.79 Å². The van der Waals surface area contributed by atoms with Crippen LogP contribution in [0.15, 0.2) is 30.5 Å². The first-order valence-corrected chi connectivity index (χ1v) is 5.96. The van der Waals surface area contributed by atoms with Gasteiger partial charge in [-0.15, -0.1) is 0 Å². The molecule has 1 aromatic carbocycles. The molecule has 0 aliphatic heterocycles. The summed E-state index contributed by atoms with van der Waals surface area (Å²) in [5.41, 5.74) is 1.96. The Morgan fingerprint density at radius 3 is 2.88 bits per heavy atom. The van der Waals surface area contributed by atoms with Crippen molar-refractivity contribution in [1.29, 1.82) is 0 Å². The van der Waals surface area contributed by atoms with Gasteiger partial charge < -0.3 is 9.88 Å². The highest BCUT2D eigenvalue weighted by Gasteiger charge is 2.12. The van der Waals surface area contributed by atoms with Crippen LogP contribution >= 0.6 is 0 Å². The number of nitrogens with one attached hydrogen (secondary N) is 1. The van der Waals surface area contributed by atoms with Crippen molar-refractivity contribution >= 4 is 16.7 Å². The molecule has 0 atom stereocenters. The molecule has 3 heteroatoms. The first kappa shape index (κ1) is 11.9. The Labute approximate surface area is 101 Å². The maximum Gasteiger partial charge on any atom is 0.165 e. The second-order valence-electron chi connectivity index (χ2n) is 4.30. The fraction of sp³-hybridized carbons (Fsp3) is 0.357. The lowest BCUT2D eigenvalue weighted by molar-refractivity contribution is 0.0981. The van der Waals surface area contributed by atoms with Crippen LogP contribution in [0.25, 0.3) is 10.9 Å². The molecule has 0 spiro atoms. The Kier molecular flexibility index (Phi) is 3.59. The molecule has 1 N–H and O–H groups in total. The van der Waals surface area contributed by atoms with Crippen LogP contribution in [0.2, 0.25) is 0 Å². The Bertz CT molecular complexity index is 528. The maximum atomic E-state index is 12.1. The molecule has 2 aromatic rings. The molecule has 1 heterocycles. The van der Waals surface area contributed by atoms with Gasteiger partial charge in [0, 0.05) is 36.1 Å². The number of carbonyl (C=O) groups is 1. The third-order valence-corrected chi connectivity index (χ3v) is 3.03. The first-order chi connectivity index (χ1) is 8.24. The number of Topliss-reactive ketones (excluding diaryl/α,β-unsaturated/α-hetero) is 1. The van der Waals surface area contributed by atoms with E-state index in [1.165, 1.54) is 0 Å². The monoisotopic (exact) mass is 230 g/mol. The number of nitrogens with zero attached hydrogens (tertiary/aromatic N) is 1. The summed E-state index contributed by atoms with van der Waals surface area (Å²) >= 11 is 0. The van der Waals surface area contributed by atoms with Crippen LogP contribution in [-0.2, 0) is 7.05 Å². The summed E-state index contributed by atoms with van der Waals surface area (Å²) in [6.45, 7) is 0.885. The number of hydrogen-bond acceptors (Lipinski definition) is 2. The standard InChI is InChI=1S/C14H18N2O/c1-15-9-5-8-14(17)12-10-16(2)13-7-4-3-6-11(12)13/h3-4,6-7,10,15H,5,8-9H2,1-2H3. The molecule has 3 nitrogen and oxygen atoms in total. The molecule has 0 bridgehead atoms. The lowest BCUT2D eigenvalue weighted by atomic mass is 10.1. The van der Waals surface area contributed by atoms with Gasteiger partial charge in [0.1, 0.15) is 0 Å². The van der Waals surface area contributed by atoms with Gasteiger partial charge in [-0.2, -0.15) is 0 Å². The number of benzene rings is 1. The third kappa shape index (κ3) is 2.39. The van der Waals surface area contributed by atoms with Gasteiger partial charge in [-0.1, -0.05) is 18.2 Å². The number of aryl methyl sites for hydroxylation is 1. The van der Waals surface area contributed by atoms with Gasteiger partial charge >= 0.3 is 0 Å². The van der Waals surface area contributed by atoms with Gasteiger partial charge in [0.2, 0.25) is 0 Å². The first-order valence-electron chi connectivity index (χ1n) is 5.96. The molecule has 0 saturated heterocycles. The molecule has 0 fully saturated rings. The minimum atomic E-state index is 0.233. The van der Waals surface area contributed by atoms with Crippen LogP contribution in [0.1, 0.15) is 23.2 Å². The molecular formula is C14H18N2O. The van der Waals surface area contributed by atoms with E-state index in [0.29, 0.717) is 6.42 Å². The van der Waals surface area contributed by atoms with Crippen molar-refractivity contribution in [3.63, 3.8) is 0 Å². The van der Waals surface area contributed by atoms with E-state index in [-0.39, 0.29) is 5.78 Å². The molecule has 0 unspecified atom stereocenters. The van der Waals surface area contributed by atoms with Gasteiger partial charge in [0.15, 0.2) is 5.78 Å². The maximum absolute atomic E-state index is 12.1. The largest absolute Gasteiger partial charge is 0.350 e. The summed E-state index contributed by atoms with van der Waals surface area (Å²) in [6, 6.07) is 8.03. The van der Waals surface area contributed by atoms with Crippen LogP contribution in [-0.4, -0.2) is 23.9 Å². The summed E-state index contributed by atoms with van der Waals surface area (Å²) in [5, 5.41) is 4.12. The van der Waals surface area contributed by atoms with E-state index in [2.05, 4.69) is 5.32 Å². The van der Waals surface area contributed by atoms with Crippen LogP contribution in [0, 0.1) is 0 Å². The summed E-state index contributed by atoms with van der Waals surface area (Å²) in [5.74, 6) is 0.233. The second kappa shape index (κ2) is 5.15. The van der Waals surface area contributed by atoms with E-state index in [1.807, 2.05) is 49.1 Å². The van der Waals surface area contributed by atoms with E-state index in [9.17, 15) is 4.79 Å². The fourth-order valence-corrected chi connectivity index (χ4v) is 2.12. The van der Waals surface area contributed by atoms with E-state index in [0.717, 1.165) is 29.4 Å². The average molecular weight is 230 g/mol. The van der Waals surface area contributed by atoms with Crippen molar-refractivity contribution in [2.75, 3.05) is 13.6 Å². The smallest absolute Gasteiger partial charge is 0.165 e. The van der Waals surface area contributed by atoms with Crippen LogP contribution < -0.4 is 5.32 Å². The average Bonchev–Trinajstić information content (AvgIpc) is 2.68. The zero-order chi connectivity index (χ0) is 12.3. The summed E-state index contributed by atoms with van der Waals surface area (Å²) in [4.78, 5) is 12.1. The molecule has 1 aromatic heterocycles. The lowest BCUT2D eigenvalue weighted by Crippen LogP contribution is -2.09. The van der Waals surface area contributed by atoms with Crippen molar-refractivity contribution in [3.05, 3.63) is 36.0 Å². The van der Waals surface area contributed by atoms with Crippen molar-refractivity contribution in [1.82, 2.24) is 9.88 Å².